The van der Waals surface area contributed by atoms with Crippen LogP contribution in [-0.2, 0) is 4.74 Å². The van der Waals surface area contributed by atoms with Gasteiger partial charge < -0.3 is 14.8 Å². The van der Waals surface area contributed by atoms with Gasteiger partial charge in [0, 0.05) is 12.4 Å². The third kappa shape index (κ3) is 2.91. The summed E-state index contributed by atoms with van der Waals surface area (Å²) in [6.07, 6.45) is 4.83. The molecular formula is C11H15N3O3. The van der Waals surface area contributed by atoms with Gasteiger partial charge in [-0.2, -0.15) is 0 Å². The van der Waals surface area contributed by atoms with Crippen molar-refractivity contribution in [3.8, 4) is 5.88 Å². The highest BCUT2D eigenvalue weighted by molar-refractivity contribution is 5.89. The van der Waals surface area contributed by atoms with Crippen LogP contribution in [0.25, 0.3) is 0 Å². The second-order valence-electron chi connectivity index (χ2n) is 3.77. The Morgan fingerprint density at radius 3 is 2.76 bits per heavy atom. The Hall–Kier alpha value is -1.69. The van der Waals surface area contributed by atoms with Crippen molar-refractivity contribution >= 4 is 5.97 Å². The van der Waals surface area contributed by atoms with Gasteiger partial charge >= 0.3 is 5.97 Å². The van der Waals surface area contributed by atoms with E-state index in [1.807, 2.05) is 0 Å². The lowest BCUT2D eigenvalue weighted by atomic mass is 10.1. The summed E-state index contributed by atoms with van der Waals surface area (Å²) in [5.74, 6) is -0.270. The van der Waals surface area contributed by atoms with Crippen LogP contribution in [0.4, 0.5) is 0 Å². The quantitative estimate of drug-likeness (QED) is 0.767. The molecule has 0 atom stereocenters. The third-order valence-corrected chi connectivity index (χ3v) is 2.61. The molecule has 0 radical (unpaired) electrons. The molecule has 17 heavy (non-hydrogen) atoms. The molecular weight excluding hydrogens is 222 g/mol. The summed E-state index contributed by atoms with van der Waals surface area (Å²) in [6.45, 7) is 1.83. The number of nitrogens with zero attached hydrogens (tertiary/aromatic N) is 2. The first-order valence-electron chi connectivity index (χ1n) is 5.58. The molecule has 1 aromatic heterocycles. The van der Waals surface area contributed by atoms with Crippen molar-refractivity contribution in [2.75, 3.05) is 20.2 Å². The number of nitrogens with one attached hydrogen (secondary N) is 1. The van der Waals surface area contributed by atoms with E-state index in [0.29, 0.717) is 0 Å². The van der Waals surface area contributed by atoms with E-state index >= 15 is 0 Å². The van der Waals surface area contributed by atoms with Crippen LogP contribution in [0.1, 0.15) is 23.3 Å². The van der Waals surface area contributed by atoms with Crippen molar-refractivity contribution in [1.82, 2.24) is 15.3 Å². The van der Waals surface area contributed by atoms with Crippen LogP contribution in [-0.4, -0.2) is 42.2 Å². The van der Waals surface area contributed by atoms with Crippen LogP contribution in [0.2, 0.25) is 0 Å². The maximum atomic E-state index is 11.5. The summed E-state index contributed by atoms with van der Waals surface area (Å²) in [7, 11) is 1.31. The number of piperidine rings is 1. The van der Waals surface area contributed by atoms with E-state index < -0.39 is 5.97 Å². The van der Waals surface area contributed by atoms with Gasteiger partial charge in [-0.1, -0.05) is 0 Å². The molecule has 0 saturated carbocycles. The predicted octanol–water partition coefficient (Wildman–Crippen LogP) is 0.394. The Labute approximate surface area is 99.4 Å². The fraction of sp³-hybridized carbons (Fsp3) is 0.545. The van der Waals surface area contributed by atoms with E-state index in [4.69, 9.17) is 4.74 Å². The first-order chi connectivity index (χ1) is 8.31. The zero-order valence-electron chi connectivity index (χ0n) is 9.68. The zero-order valence-corrected chi connectivity index (χ0v) is 9.68. The van der Waals surface area contributed by atoms with E-state index in [1.54, 1.807) is 0 Å². The summed E-state index contributed by atoms with van der Waals surface area (Å²) in [5.41, 5.74) is 0.133. The average molecular weight is 237 g/mol. The van der Waals surface area contributed by atoms with Gasteiger partial charge in [0.1, 0.15) is 6.10 Å². The third-order valence-electron chi connectivity index (χ3n) is 2.61. The molecule has 0 amide bonds. The van der Waals surface area contributed by atoms with Gasteiger partial charge in [0.05, 0.1) is 7.11 Å². The van der Waals surface area contributed by atoms with Gasteiger partial charge in [0.15, 0.2) is 0 Å². The fourth-order valence-electron chi connectivity index (χ4n) is 1.72. The molecule has 1 fully saturated rings. The maximum Gasteiger partial charge on any atom is 0.362 e. The second-order valence-corrected chi connectivity index (χ2v) is 3.77. The van der Waals surface area contributed by atoms with Crippen molar-refractivity contribution in [2.24, 2.45) is 0 Å². The number of esters is 1. The minimum atomic E-state index is -0.526. The standard InChI is InChI=1S/C11H15N3O3/c1-16-11(15)9-10(14-7-6-13-9)17-8-2-4-12-5-3-8/h6-8,12H,2-5H2,1H3. The Morgan fingerprint density at radius 1 is 1.35 bits per heavy atom. The molecule has 1 aliphatic heterocycles. The zero-order chi connectivity index (χ0) is 12.1. The Balaban J connectivity index is 2.11. The van der Waals surface area contributed by atoms with E-state index in [9.17, 15) is 4.79 Å². The van der Waals surface area contributed by atoms with Crippen LogP contribution in [0, 0.1) is 0 Å². The van der Waals surface area contributed by atoms with E-state index in [0.717, 1.165) is 25.9 Å². The van der Waals surface area contributed by atoms with Crippen molar-refractivity contribution in [1.29, 1.82) is 0 Å². The van der Waals surface area contributed by atoms with Crippen molar-refractivity contribution < 1.29 is 14.3 Å². The van der Waals surface area contributed by atoms with Crippen LogP contribution in [0.5, 0.6) is 5.88 Å². The molecule has 6 nitrogen and oxygen atoms in total. The first-order valence-corrected chi connectivity index (χ1v) is 5.58. The summed E-state index contributed by atoms with van der Waals surface area (Å²) >= 11 is 0. The van der Waals surface area contributed by atoms with Gasteiger partial charge in [-0.3, -0.25) is 0 Å². The summed E-state index contributed by atoms with van der Waals surface area (Å²) in [4.78, 5) is 19.4. The molecule has 0 aromatic carbocycles. The summed E-state index contributed by atoms with van der Waals surface area (Å²) in [5, 5.41) is 3.24. The van der Waals surface area contributed by atoms with Gasteiger partial charge in [-0.25, -0.2) is 14.8 Å². The molecule has 1 saturated heterocycles. The summed E-state index contributed by atoms with van der Waals surface area (Å²) < 4.78 is 10.3. The van der Waals surface area contributed by atoms with Crippen LogP contribution in [0.3, 0.4) is 0 Å². The molecule has 1 N–H and O–H groups in total. The van der Waals surface area contributed by atoms with E-state index in [1.165, 1.54) is 19.5 Å². The number of rotatable bonds is 3. The molecule has 6 heteroatoms. The Bertz CT molecular complexity index is 391. The lowest BCUT2D eigenvalue weighted by molar-refractivity contribution is 0.0581. The molecule has 1 aliphatic rings. The topological polar surface area (TPSA) is 73.3 Å². The largest absolute Gasteiger partial charge is 0.473 e. The number of hydrogen-bond donors (Lipinski definition) is 1. The Morgan fingerprint density at radius 2 is 2.06 bits per heavy atom. The van der Waals surface area contributed by atoms with Crippen molar-refractivity contribution in [3.05, 3.63) is 18.1 Å². The van der Waals surface area contributed by atoms with Crippen LogP contribution >= 0.6 is 0 Å². The number of ether oxygens (including phenoxy) is 2. The van der Waals surface area contributed by atoms with Gasteiger partial charge in [-0.05, 0) is 25.9 Å². The first kappa shape index (κ1) is 11.8. The fourth-order valence-corrected chi connectivity index (χ4v) is 1.72. The molecule has 0 aliphatic carbocycles. The molecule has 0 bridgehead atoms. The van der Waals surface area contributed by atoms with E-state index in [2.05, 4.69) is 20.0 Å². The molecule has 0 spiro atoms. The highest BCUT2D eigenvalue weighted by Crippen LogP contribution is 2.17. The number of carbonyl (C=O) groups excluding carboxylic acids is 1. The van der Waals surface area contributed by atoms with Gasteiger partial charge in [-0.15, -0.1) is 0 Å². The van der Waals surface area contributed by atoms with E-state index in [-0.39, 0.29) is 17.7 Å². The maximum absolute atomic E-state index is 11.5. The van der Waals surface area contributed by atoms with Crippen LogP contribution in [0.15, 0.2) is 12.4 Å². The summed E-state index contributed by atoms with van der Waals surface area (Å²) in [6, 6.07) is 0. The average Bonchev–Trinajstić information content (AvgIpc) is 2.40. The van der Waals surface area contributed by atoms with Crippen LogP contribution < -0.4 is 10.1 Å². The van der Waals surface area contributed by atoms with Crippen molar-refractivity contribution in [3.63, 3.8) is 0 Å². The highest BCUT2D eigenvalue weighted by atomic mass is 16.5. The molecule has 2 heterocycles. The lowest BCUT2D eigenvalue weighted by Crippen LogP contribution is -2.34. The highest BCUT2D eigenvalue weighted by Gasteiger charge is 2.21. The molecule has 92 valence electrons. The monoisotopic (exact) mass is 237 g/mol. The SMILES string of the molecule is COC(=O)c1nccnc1OC1CCNCC1. The number of methoxy groups -OCH3 is 1. The molecule has 1 aromatic rings. The minimum absolute atomic E-state index is 0.0800. The molecule has 2 rings (SSSR count). The van der Waals surface area contributed by atoms with Gasteiger partial charge in [0.25, 0.3) is 0 Å². The second kappa shape index (κ2) is 5.58. The molecule has 0 unspecified atom stereocenters. The number of carbonyl (C=O) groups is 1. The minimum Gasteiger partial charge on any atom is -0.473 e. The number of aromatic nitrogens is 2. The number of hydrogen-bond acceptors (Lipinski definition) is 6. The Kier molecular flexibility index (Phi) is 3.87. The lowest BCUT2D eigenvalue weighted by Gasteiger charge is -2.23. The normalized spacial score (nSPS) is 16.5. The smallest absolute Gasteiger partial charge is 0.362 e. The van der Waals surface area contributed by atoms with Crippen molar-refractivity contribution in [2.45, 2.75) is 18.9 Å². The van der Waals surface area contributed by atoms with Gasteiger partial charge in [0.2, 0.25) is 11.6 Å². The predicted molar refractivity (Wildman–Crippen MR) is 59.9 cm³/mol.